The number of allylic oxidation sites excluding steroid dienone is 2. The second-order valence-electron chi connectivity index (χ2n) is 9.42. The lowest BCUT2D eigenvalue weighted by atomic mass is 9.70. The molecule has 0 heterocycles. The first-order chi connectivity index (χ1) is 16.8. The lowest BCUT2D eigenvalue weighted by Crippen LogP contribution is -2.25. The monoisotopic (exact) mass is 432 g/mol. The summed E-state index contributed by atoms with van der Waals surface area (Å²) in [5.74, 6) is 0.341. The quantitative estimate of drug-likeness (QED) is 0.258. The van der Waals surface area contributed by atoms with Gasteiger partial charge in [-0.1, -0.05) is 109 Å². The maximum absolute atomic E-state index is 11.2. The predicted molar refractivity (Wildman–Crippen MR) is 140 cm³/mol. The van der Waals surface area contributed by atoms with Gasteiger partial charge in [0.05, 0.1) is 5.41 Å². The van der Waals surface area contributed by atoms with Gasteiger partial charge in [0.25, 0.3) is 0 Å². The van der Waals surface area contributed by atoms with Gasteiger partial charge in [-0.25, -0.2) is 0 Å². The summed E-state index contributed by atoms with van der Waals surface area (Å²) in [6, 6.07) is 32.4. The van der Waals surface area contributed by atoms with E-state index >= 15 is 0 Å². The van der Waals surface area contributed by atoms with Crippen molar-refractivity contribution < 1.29 is 5.11 Å². The summed E-state index contributed by atoms with van der Waals surface area (Å²) in [6.45, 7) is 0. The van der Waals surface area contributed by atoms with E-state index in [0.717, 1.165) is 10.8 Å². The van der Waals surface area contributed by atoms with Crippen molar-refractivity contribution in [2.45, 2.75) is 5.41 Å². The summed E-state index contributed by atoms with van der Waals surface area (Å²) < 4.78 is 0. The molecule has 1 N–H and O–H groups in total. The van der Waals surface area contributed by atoms with E-state index in [-0.39, 0.29) is 0 Å². The molecular formula is C33H20O. The van der Waals surface area contributed by atoms with Gasteiger partial charge in [0.1, 0.15) is 5.75 Å². The number of benzene rings is 5. The van der Waals surface area contributed by atoms with E-state index in [4.69, 9.17) is 0 Å². The highest BCUT2D eigenvalue weighted by Gasteiger charge is 2.53. The lowest BCUT2D eigenvalue weighted by molar-refractivity contribution is 0.480. The maximum Gasteiger partial charge on any atom is 0.123 e. The number of hydrogen-bond acceptors (Lipinski definition) is 1. The molecule has 3 aliphatic carbocycles. The van der Waals surface area contributed by atoms with Crippen molar-refractivity contribution in [3.8, 4) is 28.0 Å². The van der Waals surface area contributed by atoms with Crippen molar-refractivity contribution in [1.29, 1.82) is 0 Å². The van der Waals surface area contributed by atoms with Crippen molar-refractivity contribution in [2.24, 2.45) is 0 Å². The van der Waals surface area contributed by atoms with Crippen LogP contribution >= 0.6 is 0 Å². The zero-order valence-electron chi connectivity index (χ0n) is 18.4. The molecule has 0 aromatic heterocycles. The van der Waals surface area contributed by atoms with E-state index in [0.29, 0.717) is 5.75 Å². The lowest BCUT2D eigenvalue weighted by Gasteiger charge is -2.30. The van der Waals surface area contributed by atoms with Crippen molar-refractivity contribution in [2.75, 3.05) is 0 Å². The number of rotatable bonds is 0. The molecule has 0 amide bonds. The first-order valence-corrected chi connectivity index (χ1v) is 11.8. The Balaban J connectivity index is 1.66. The van der Waals surface area contributed by atoms with Crippen molar-refractivity contribution in [1.82, 2.24) is 0 Å². The second-order valence-corrected chi connectivity index (χ2v) is 9.42. The number of aromatic hydroxyl groups is 1. The van der Waals surface area contributed by atoms with Crippen molar-refractivity contribution >= 4 is 22.9 Å². The van der Waals surface area contributed by atoms with E-state index in [2.05, 4.69) is 97.1 Å². The summed E-state index contributed by atoms with van der Waals surface area (Å²) in [6.07, 6.45) is 8.69. The standard InChI is InChI=1S/C33H20O/c34-29-19-28-32(23-14-4-3-13-22(23)29)24-15-5-6-16-25(24)33(28)26-17-7-11-20-9-1-2-10-21-12-8-18-27(33)31(21)30(20)26/h1-19,34H/b2-1?,9-1-,10-2-,20-9?,21-10?. The minimum Gasteiger partial charge on any atom is -0.507 e. The van der Waals surface area contributed by atoms with Gasteiger partial charge in [0.15, 0.2) is 0 Å². The molecule has 0 radical (unpaired) electrons. The summed E-state index contributed by atoms with van der Waals surface area (Å²) in [5.41, 5.74) is 12.2. The van der Waals surface area contributed by atoms with Crippen LogP contribution in [-0.2, 0) is 5.41 Å². The number of phenolic OH excluding ortho intramolecular Hbond substituents is 1. The smallest absolute Gasteiger partial charge is 0.123 e. The van der Waals surface area contributed by atoms with Crippen LogP contribution in [0.15, 0.2) is 103 Å². The molecule has 3 aliphatic rings. The Morgan fingerprint density at radius 3 is 1.79 bits per heavy atom. The molecule has 0 bridgehead atoms. The van der Waals surface area contributed by atoms with Crippen molar-refractivity contribution in [3.05, 3.63) is 137 Å². The molecule has 0 atom stereocenters. The largest absolute Gasteiger partial charge is 0.507 e. The van der Waals surface area contributed by atoms with Gasteiger partial charge in [-0.2, -0.15) is 0 Å². The molecule has 0 saturated carbocycles. The van der Waals surface area contributed by atoms with Crippen LogP contribution in [-0.4, -0.2) is 5.11 Å². The molecule has 0 aliphatic heterocycles. The molecule has 1 heteroatoms. The molecule has 0 unspecified atom stereocenters. The molecule has 1 nitrogen and oxygen atoms in total. The molecular weight excluding hydrogens is 412 g/mol. The zero-order chi connectivity index (χ0) is 22.4. The SMILES string of the molecule is Oc1cc2c(c3ccccc13)-c1ccccc1C21c2cccc3c2-c2c(cccc21)/C=C\C=C/3. The second kappa shape index (κ2) is 6.15. The molecule has 34 heavy (non-hydrogen) atoms. The molecule has 0 fully saturated rings. The first-order valence-electron chi connectivity index (χ1n) is 11.8. The minimum atomic E-state index is -0.462. The molecule has 1 spiro atoms. The van der Waals surface area contributed by atoms with E-state index in [9.17, 15) is 5.11 Å². The van der Waals surface area contributed by atoms with Crippen LogP contribution in [0.4, 0.5) is 0 Å². The third-order valence-corrected chi connectivity index (χ3v) is 7.94. The highest BCUT2D eigenvalue weighted by atomic mass is 16.3. The molecule has 0 saturated heterocycles. The van der Waals surface area contributed by atoms with Crippen LogP contribution in [0.2, 0.25) is 0 Å². The average molecular weight is 433 g/mol. The Morgan fingerprint density at radius 2 is 1.09 bits per heavy atom. The van der Waals surface area contributed by atoms with Gasteiger partial charge in [-0.15, -0.1) is 0 Å². The number of hydrogen-bond donors (Lipinski definition) is 1. The summed E-state index contributed by atoms with van der Waals surface area (Å²) in [7, 11) is 0. The number of phenols is 1. The van der Waals surface area contributed by atoms with Crippen LogP contribution in [0.1, 0.15) is 33.4 Å². The van der Waals surface area contributed by atoms with Crippen LogP contribution in [0.5, 0.6) is 5.75 Å². The fourth-order valence-electron chi connectivity index (χ4n) is 6.76. The van der Waals surface area contributed by atoms with Crippen LogP contribution in [0, 0.1) is 0 Å². The van der Waals surface area contributed by atoms with Gasteiger partial charge in [0.2, 0.25) is 0 Å². The summed E-state index contributed by atoms with van der Waals surface area (Å²) in [5, 5.41) is 13.2. The Morgan fingerprint density at radius 1 is 0.500 bits per heavy atom. The molecule has 5 aromatic carbocycles. The summed E-state index contributed by atoms with van der Waals surface area (Å²) >= 11 is 0. The molecule has 158 valence electrons. The Bertz CT molecular complexity index is 1700. The summed E-state index contributed by atoms with van der Waals surface area (Å²) in [4.78, 5) is 0. The fourth-order valence-corrected chi connectivity index (χ4v) is 6.76. The van der Waals surface area contributed by atoms with E-state index in [1.807, 2.05) is 18.2 Å². The Kier molecular flexibility index (Phi) is 3.28. The van der Waals surface area contributed by atoms with Gasteiger partial charge >= 0.3 is 0 Å². The maximum atomic E-state index is 11.2. The van der Waals surface area contributed by atoms with E-state index < -0.39 is 5.41 Å². The predicted octanol–water partition coefficient (Wildman–Crippen LogP) is 7.93. The van der Waals surface area contributed by atoms with E-state index in [1.165, 1.54) is 55.6 Å². The van der Waals surface area contributed by atoms with Crippen molar-refractivity contribution in [3.63, 3.8) is 0 Å². The average Bonchev–Trinajstić information content (AvgIpc) is 3.33. The number of fused-ring (bicyclic) bond motifs is 9. The van der Waals surface area contributed by atoms with Crippen LogP contribution in [0.25, 0.3) is 45.2 Å². The highest BCUT2D eigenvalue weighted by molar-refractivity contribution is 6.09. The fraction of sp³-hybridized carbons (Fsp3) is 0.0303. The third-order valence-electron chi connectivity index (χ3n) is 7.94. The molecule has 5 aromatic rings. The minimum absolute atomic E-state index is 0.341. The Hall–Kier alpha value is -4.36. The van der Waals surface area contributed by atoms with Gasteiger partial charge < -0.3 is 5.11 Å². The van der Waals surface area contributed by atoms with Gasteiger partial charge in [-0.05, 0) is 67.1 Å². The highest BCUT2D eigenvalue weighted by Crippen LogP contribution is 2.65. The van der Waals surface area contributed by atoms with Gasteiger partial charge in [0, 0.05) is 5.39 Å². The van der Waals surface area contributed by atoms with E-state index in [1.54, 1.807) is 0 Å². The normalized spacial score (nSPS) is 17.1. The molecule has 8 rings (SSSR count). The topological polar surface area (TPSA) is 20.2 Å². The Labute approximate surface area is 198 Å². The van der Waals surface area contributed by atoms with Gasteiger partial charge in [-0.3, -0.25) is 0 Å². The van der Waals surface area contributed by atoms with Crippen LogP contribution in [0.3, 0.4) is 0 Å². The zero-order valence-corrected chi connectivity index (χ0v) is 18.4. The third kappa shape index (κ3) is 1.94. The first kappa shape index (κ1) is 18.1. The van der Waals surface area contributed by atoms with Crippen LogP contribution < -0.4 is 0 Å².